The van der Waals surface area contributed by atoms with Gasteiger partial charge in [0, 0.05) is 17.1 Å². The van der Waals surface area contributed by atoms with E-state index in [0.29, 0.717) is 12.3 Å². The second kappa shape index (κ2) is 11.2. The number of benzene rings is 2. The number of halogens is 1. The van der Waals surface area contributed by atoms with Crippen molar-refractivity contribution < 1.29 is 14.3 Å². The van der Waals surface area contributed by atoms with Crippen molar-refractivity contribution in [1.82, 2.24) is 10.2 Å². The van der Waals surface area contributed by atoms with Gasteiger partial charge in [-0.25, -0.2) is 0 Å². The first-order chi connectivity index (χ1) is 14.2. The summed E-state index contributed by atoms with van der Waals surface area (Å²) in [5, 5.41) is 2.97. The Kier molecular flexibility index (Phi) is 8.90. The minimum Gasteiger partial charge on any atom is -0.484 e. The van der Waals surface area contributed by atoms with Crippen molar-refractivity contribution in [1.29, 1.82) is 0 Å². The summed E-state index contributed by atoms with van der Waals surface area (Å²) in [6, 6.07) is 12.9. The number of carbonyl (C=O) groups is 2. The highest BCUT2D eigenvalue weighted by Gasteiger charge is 2.27. The first kappa shape index (κ1) is 23.9. The zero-order chi connectivity index (χ0) is 22.3. The van der Waals surface area contributed by atoms with E-state index < -0.39 is 6.04 Å². The average Bonchev–Trinajstić information content (AvgIpc) is 2.73. The Labute approximate surface area is 187 Å². The Bertz CT molecular complexity index is 867. The number of carbonyl (C=O) groups excluding carboxylic acids is 2. The van der Waals surface area contributed by atoms with Crippen LogP contribution in [0.2, 0.25) is 0 Å². The minimum absolute atomic E-state index is 0.0522. The van der Waals surface area contributed by atoms with E-state index in [0.717, 1.165) is 22.0 Å². The van der Waals surface area contributed by atoms with E-state index in [9.17, 15) is 9.59 Å². The van der Waals surface area contributed by atoms with Gasteiger partial charge in [-0.05, 0) is 75.1 Å². The van der Waals surface area contributed by atoms with E-state index in [1.165, 1.54) is 5.56 Å². The molecule has 0 bridgehead atoms. The number of rotatable bonds is 9. The monoisotopic (exact) mass is 474 g/mol. The van der Waals surface area contributed by atoms with Crippen LogP contribution in [0.4, 0.5) is 0 Å². The van der Waals surface area contributed by atoms with E-state index in [-0.39, 0.29) is 24.5 Å². The smallest absolute Gasteiger partial charge is 0.261 e. The molecule has 5 nitrogen and oxygen atoms in total. The highest BCUT2D eigenvalue weighted by atomic mass is 79.9. The highest BCUT2D eigenvalue weighted by molar-refractivity contribution is 9.10. The van der Waals surface area contributed by atoms with Gasteiger partial charge in [0.1, 0.15) is 11.8 Å². The van der Waals surface area contributed by atoms with Crippen LogP contribution in [-0.4, -0.2) is 35.4 Å². The molecular weight excluding hydrogens is 444 g/mol. The minimum atomic E-state index is -0.612. The zero-order valence-corrected chi connectivity index (χ0v) is 20.0. The molecule has 0 aliphatic rings. The Morgan fingerprint density at radius 3 is 2.33 bits per heavy atom. The molecule has 2 amide bonds. The maximum absolute atomic E-state index is 13.1. The number of aryl methyl sites for hydroxylation is 2. The van der Waals surface area contributed by atoms with E-state index in [1.54, 1.807) is 11.8 Å². The Morgan fingerprint density at radius 1 is 1.07 bits per heavy atom. The highest BCUT2D eigenvalue weighted by Crippen LogP contribution is 2.18. The van der Waals surface area contributed by atoms with Crippen molar-refractivity contribution in [2.75, 3.05) is 6.61 Å². The first-order valence-corrected chi connectivity index (χ1v) is 11.0. The summed E-state index contributed by atoms with van der Waals surface area (Å²) >= 11 is 3.42. The van der Waals surface area contributed by atoms with Crippen LogP contribution in [-0.2, 0) is 16.1 Å². The maximum atomic E-state index is 13.1. The van der Waals surface area contributed by atoms with Crippen LogP contribution in [0.1, 0.15) is 43.9 Å². The maximum Gasteiger partial charge on any atom is 0.261 e. The molecule has 0 aromatic heterocycles. The van der Waals surface area contributed by atoms with Crippen LogP contribution in [0.25, 0.3) is 0 Å². The summed E-state index contributed by atoms with van der Waals surface area (Å²) in [4.78, 5) is 27.3. The molecule has 0 heterocycles. The van der Waals surface area contributed by atoms with E-state index in [1.807, 2.05) is 70.2 Å². The van der Waals surface area contributed by atoms with Gasteiger partial charge in [-0.2, -0.15) is 0 Å². The summed E-state index contributed by atoms with van der Waals surface area (Å²) < 4.78 is 6.71. The lowest BCUT2D eigenvalue weighted by Gasteiger charge is -2.29. The molecule has 0 spiro atoms. The topological polar surface area (TPSA) is 58.6 Å². The largest absolute Gasteiger partial charge is 0.484 e. The number of hydrogen-bond acceptors (Lipinski definition) is 3. The second-order valence-electron chi connectivity index (χ2n) is 7.68. The standard InChI is InChI=1S/C24H31BrN2O3/c1-6-18(4)26-24(29)19(5)27(14-20-8-10-21(25)11-9-20)23(28)15-30-22-12-7-16(2)17(3)13-22/h7-13,18-19H,6,14-15H2,1-5H3,(H,26,29)/t18-,19-/m0/s1. The molecule has 2 rings (SSSR count). The van der Waals surface area contributed by atoms with Gasteiger partial charge in [-0.3, -0.25) is 9.59 Å². The summed E-state index contributed by atoms with van der Waals surface area (Å²) in [5.74, 6) is 0.246. The molecule has 2 atom stereocenters. The number of ether oxygens (including phenoxy) is 1. The quantitative estimate of drug-likeness (QED) is 0.568. The first-order valence-electron chi connectivity index (χ1n) is 10.3. The third-order valence-electron chi connectivity index (χ3n) is 5.28. The van der Waals surface area contributed by atoms with Gasteiger partial charge in [0.25, 0.3) is 5.91 Å². The molecule has 0 unspecified atom stereocenters. The normalized spacial score (nSPS) is 12.7. The Hall–Kier alpha value is -2.34. The fourth-order valence-corrected chi connectivity index (χ4v) is 3.13. The zero-order valence-electron chi connectivity index (χ0n) is 18.4. The number of nitrogens with one attached hydrogen (secondary N) is 1. The lowest BCUT2D eigenvalue weighted by atomic mass is 10.1. The Morgan fingerprint density at radius 2 is 1.73 bits per heavy atom. The molecule has 162 valence electrons. The Balaban J connectivity index is 2.15. The molecule has 30 heavy (non-hydrogen) atoms. The van der Waals surface area contributed by atoms with Crippen molar-refractivity contribution in [3.8, 4) is 5.75 Å². The summed E-state index contributed by atoms with van der Waals surface area (Å²) in [7, 11) is 0. The van der Waals surface area contributed by atoms with E-state index in [4.69, 9.17) is 4.74 Å². The molecule has 0 aliphatic heterocycles. The van der Waals surface area contributed by atoms with Crippen molar-refractivity contribution in [3.63, 3.8) is 0 Å². The predicted octanol–water partition coefficient (Wildman–Crippen LogP) is 4.78. The van der Waals surface area contributed by atoms with Gasteiger partial charge in [0.2, 0.25) is 5.91 Å². The van der Waals surface area contributed by atoms with E-state index >= 15 is 0 Å². The molecule has 0 aliphatic carbocycles. The molecule has 6 heteroatoms. The van der Waals surface area contributed by atoms with Crippen LogP contribution in [0.5, 0.6) is 5.75 Å². The van der Waals surface area contributed by atoms with Crippen molar-refractivity contribution >= 4 is 27.7 Å². The van der Waals surface area contributed by atoms with Gasteiger partial charge in [-0.15, -0.1) is 0 Å². The lowest BCUT2D eigenvalue weighted by Crippen LogP contribution is -2.50. The fraction of sp³-hybridized carbons (Fsp3) is 0.417. The summed E-state index contributed by atoms with van der Waals surface area (Å²) in [6.07, 6.45) is 0.828. The molecule has 2 aromatic rings. The summed E-state index contributed by atoms with van der Waals surface area (Å²) in [6.45, 7) is 9.96. The van der Waals surface area contributed by atoms with Crippen LogP contribution in [0.15, 0.2) is 46.9 Å². The van der Waals surface area contributed by atoms with Crippen LogP contribution in [0, 0.1) is 13.8 Å². The predicted molar refractivity (Wildman–Crippen MR) is 123 cm³/mol. The SMILES string of the molecule is CC[C@H](C)NC(=O)[C@H](C)N(Cc1ccc(Br)cc1)C(=O)COc1ccc(C)c(C)c1. The third-order valence-corrected chi connectivity index (χ3v) is 5.80. The molecule has 0 fully saturated rings. The molecule has 0 saturated heterocycles. The number of nitrogens with zero attached hydrogens (tertiary/aromatic N) is 1. The second-order valence-corrected chi connectivity index (χ2v) is 8.59. The van der Waals surface area contributed by atoms with Gasteiger partial charge in [-0.1, -0.05) is 41.1 Å². The van der Waals surface area contributed by atoms with Crippen LogP contribution in [0.3, 0.4) is 0 Å². The van der Waals surface area contributed by atoms with Gasteiger partial charge < -0.3 is 15.0 Å². The fourth-order valence-electron chi connectivity index (χ4n) is 2.87. The number of amides is 2. The molecule has 2 aromatic carbocycles. The molecule has 0 saturated carbocycles. The number of hydrogen-bond donors (Lipinski definition) is 1. The van der Waals surface area contributed by atoms with E-state index in [2.05, 4.69) is 21.2 Å². The van der Waals surface area contributed by atoms with Gasteiger partial charge >= 0.3 is 0 Å². The summed E-state index contributed by atoms with van der Waals surface area (Å²) in [5.41, 5.74) is 3.22. The van der Waals surface area contributed by atoms with Crippen molar-refractivity contribution in [3.05, 3.63) is 63.6 Å². The van der Waals surface area contributed by atoms with Crippen LogP contribution >= 0.6 is 15.9 Å². The van der Waals surface area contributed by atoms with Gasteiger partial charge in [0.15, 0.2) is 6.61 Å². The lowest BCUT2D eigenvalue weighted by molar-refractivity contribution is -0.142. The third kappa shape index (κ3) is 6.87. The van der Waals surface area contributed by atoms with Crippen molar-refractivity contribution in [2.24, 2.45) is 0 Å². The van der Waals surface area contributed by atoms with Crippen molar-refractivity contribution in [2.45, 2.75) is 59.7 Å². The van der Waals surface area contributed by atoms with Gasteiger partial charge in [0.05, 0.1) is 0 Å². The van der Waals surface area contributed by atoms with Crippen LogP contribution < -0.4 is 10.1 Å². The molecule has 0 radical (unpaired) electrons. The molecule has 1 N–H and O–H groups in total. The molecular formula is C24H31BrN2O3. The average molecular weight is 475 g/mol.